The maximum atomic E-state index is 11.9. The first-order valence-electron chi connectivity index (χ1n) is 8.77. The zero-order valence-corrected chi connectivity index (χ0v) is 15.3. The monoisotopic (exact) mass is 360 g/mol. The van der Waals surface area contributed by atoms with Crippen LogP contribution >= 0.6 is 11.3 Å². The molecule has 0 atom stereocenters. The van der Waals surface area contributed by atoms with Gasteiger partial charge < -0.3 is 10.6 Å². The number of piperidine rings is 1. The van der Waals surface area contributed by atoms with Gasteiger partial charge in [-0.3, -0.25) is 14.5 Å². The molecule has 0 unspecified atom stereocenters. The average molecular weight is 360 g/mol. The minimum atomic E-state index is -0.148. The van der Waals surface area contributed by atoms with Crippen molar-refractivity contribution >= 4 is 33.4 Å². The predicted octanol–water partition coefficient (Wildman–Crippen LogP) is 1.73. The van der Waals surface area contributed by atoms with Gasteiger partial charge in [0.15, 0.2) is 0 Å². The van der Waals surface area contributed by atoms with Crippen molar-refractivity contribution in [3.8, 4) is 0 Å². The van der Waals surface area contributed by atoms with Gasteiger partial charge in [-0.05, 0) is 45.0 Å². The van der Waals surface area contributed by atoms with Gasteiger partial charge in [0.2, 0.25) is 11.8 Å². The normalized spacial score (nSPS) is 16.0. The smallest absolute Gasteiger partial charge is 0.239 e. The summed E-state index contributed by atoms with van der Waals surface area (Å²) in [6.45, 7) is 4.61. The van der Waals surface area contributed by atoms with Crippen molar-refractivity contribution in [3.05, 3.63) is 29.3 Å². The van der Waals surface area contributed by atoms with Crippen molar-refractivity contribution in [2.24, 2.45) is 0 Å². The molecule has 3 rings (SSSR count). The Hall–Kier alpha value is -1.99. The maximum absolute atomic E-state index is 11.9. The number of fused-ring (bicyclic) bond motifs is 1. The molecule has 1 aromatic carbocycles. The number of carbonyl (C=O) groups excluding carboxylic acids is 2. The lowest BCUT2D eigenvalue weighted by molar-refractivity contribution is -0.126. The first-order valence-corrected chi connectivity index (χ1v) is 9.58. The molecule has 0 aliphatic carbocycles. The van der Waals surface area contributed by atoms with Gasteiger partial charge in [0.25, 0.3) is 0 Å². The van der Waals surface area contributed by atoms with Gasteiger partial charge in [-0.25, -0.2) is 4.98 Å². The van der Waals surface area contributed by atoms with Gasteiger partial charge in [0.05, 0.1) is 28.3 Å². The Labute approximate surface area is 151 Å². The number of benzene rings is 1. The van der Waals surface area contributed by atoms with Crippen LogP contribution in [0.25, 0.3) is 10.2 Å². The molecule has 0 saturated carbocycles. The van der Waals surface area contributed by atoms with E-state index in [0.29, 0.717) is 19.0 Å². The van der Waals surface area contributed by atoms with E-state index < -0.39 is 0 Å². The first kappa shape index (κ1) is 17.8. The molecule has 1 aromatic heterocycles. The van der Waals surface area contributed by atoms with Crippen molar-refractivity contribution in [3.63, 3.8) is 0 Å². The number of amides is 2. The molecular formula is C18H24N4O2S. The molecule has 2 amide bonds. The summed E-state index contributed by atoms with van der Waals surface area (Å²) in [5, 5.41) is 6.55. The van der Waals surface area contributed by atoms with E-state index in [2.05, 4.69) is 27.7 Å². The highest BCUT2D eigenvalue weighted by atomic mass is 32.1. The standard InChI is InChI=1S/C18H24N4O2S/c1-2-19-16(23)11-20-17(24)12-22-9-7-13(8-10-22)18-21-14-5-3-4-6-15(14)25-18/h3-6,13H,2,7-12H2,1H3,(H,19,23)(H,20,24). The molecule has 1 aliphatic rings. The molecule has 7 heteroatoms. The van der Waals surface area contributed by atoms with Crippen molar-refractivity contribution in [1.29, 1.82) is 0 Å². The zero-order chi connectivity index (χ0) is 17.6. The van der Waals surface area contributed by atoms with Crippen LogP contribution < -0.4 is 10.6 Å². The highest BCUT2D eigenvalue weighted by Gasteiger charge is 2.24. The number of para-hydroxylation sites is 1. The second-order valence-corrected chi connectivity index (χ2v) is 7.36. The Bertz CT molecular complexity index is 705. The summed E-state index contributed by atoms with van der Waals surface area (Å²) in [7, 11) is 0. The predicted molar refractivity (Wildman–Crippen MR) is 99.7 cm³/mol. The quantitative estimate of drug-likeness (QED) is 0.823. The summed E-state index contributed by atoms with van der Waals surface area (Å²) in [6, 6.07) is 8.24. The number of carbonyl (C=O) groups is 2. The number of aromatic nitrogens is 1. The van der Waals surface area contributed by atoms with Crippen LogP contribution in [0, 0.1) is 0 Å². The topological polar surface area (TPSA) is 74.3 Å². The van der Waals surface area contributed by atoms with Gasteiger partial charge >= 0.3 is 0 Å². The highest BCUT2D eigenvalue weighted by molar-refractivity contribution is 7.18. The van der Waals surface area contributed by atoms with E-state index in [1.807, 2.05) is 19.1 Å². The van der Waals surface area contributed by atoms with E-state index in [4.69, 9.17) is 4.98 Å². The van der Waals surface area contributed by atoms with Gasteiger partial charge in [0, 0.05) is 12.5 Å². The minimum Gasteiger partial charge on any atom is -0.355 e. The molecular weight excluding hydrogens is 336 g/mol. The van der Waals surface area contributed by atoms with E-state index in [9.17, 15) is 9.59 Å². The number of nitrogens with zero attached hydrogens (tertiary/aromatic N) is 2. The van der Waals surface area contributed by atoms with Crippen molar-refractivity contribution < 1.29 is 9.59 Å². The summed E-state index contributed by atoms with van der Waals surface area (Å²) in [5.74, 6) is 0.238. The number of likely N-dealkylation sites (N-methyl/N-ethyl adjacent to an activating group) is 1. The molecule has 0 radical (unpaired) electrons. The Morgan fingerprint density at radius 2 is 1.96 bits per heavy atom. The van der Waals surface area contributed by atoms with Crippen LogP contribution in [0.2, 0.25) is 0 Å². The Morgan fingerprint density at radius 1 is 1.20 bits per heavy atom. The number of likely N-dealkylation sites (tertiary alicyclic amines) is 1. The van der Waals surface area contributed by atoms with E-state index in [1.54, 1.807) is 11.3 Å². The number of nitrogens with one attached hydrogen (secondary N) is 2. The maximum Gasteiger partial charge on any atom is 0.239 e. The fourth-order valence-corrected chi connectivity index (χ4v) is 4.24. The molecule has 2 N–H and O–H groups in total. The summed E-state index contributed by atoms with van der Waals surface area (Å²) >= 11 is 1.78. The summed E-state index contributed by atoms with van der Waals surface area (Å²) < 4.78 is 1.24. The molecule has 0 bridgehead atoms. The number of hydrogen-bond acceptors (Lipinski definition) is 5. The second kappa shape index (κ2) is 8.40. The van der Waals surface area contributed by atoms with Gasteiger partial charge in [-0.2, -0.15) is 0 Å². The SMILES string of the molecule is CCNC(=O)CNC(=O)CN1CCC(c2nc3ccccc3s2)CC1. The average Bonchev–Trinajstić information content (AvgIpc) is 3.05. The van der Waals surface area contributed by atoms with Gasteiger partial charge in [-0.1, -0.05) is 12.1 Å². The molecule has 6 nitrogen and oxygen atoms in total. The summed E-state index contributed by atoms with van der Waals surface area (Å²) in [5.41, 5.74) is 1.08. The Kier molecular flexibility index (Phi) is 5.99. The largest absolute Gasteiger partial charge is 0.355 e. The number of rotatable bonds is 6. The number of thiazole rings is 1. The van der Waals surface area contributed by atoms with Gasteiger partial charge in [0.1, 0.15) is 0 Å². The van der Waals surface area contributed by atoms with Crippen LogP contribution in [-0.4, -0.2) is 54.4 Å². The summed E-state index contributed by atoms with van der Waals surface area (Å²) in [6.07, 6.45) is 2.03. The van der Waals surface area contributed by atoms with Crippen LogP contribution in [0.5, 0.6) is 0 Å². The summed E-state index contributed by atoms with van der Waals surface area (Å²) in [4.78, 5) is 30.2. The zero-order valence-electron chi connectivity index (χ0n) is 14.5. The Morgan fingerprint density at radius 3 is 2.68 bits per heavy atom. The second-order valence-electron chi connectivity index (χ2n) is 6.30. The van der Waals surface area contributed by atoms with Crippen LogP contribution in [-0.2, 0) is 9.59 Å². The van der Waals surface area contributed by atoms with Crippen molar-refractivity contribution in [2.75, 3.05) is 32.7 Å². The van der Waals surface area contributed by atoms with Crippen LogP contribution in [0.15, 0.2) is 24.3 Å². The van der Waals surface area contributed by atoms with Crippen LogP contribution in [0.4, 0.5) is 0 Å². The lowest BCUT2D eigenvalue weighted by Crippen LogP contribution is -2.44. The lowest BCUT2D eigenvalue weighted by atomic mass is 9.97. The van der Waals surface area contributed by atoms with Crippen molar-refractivity contribution in [2.45, 2.75) is 25.7 Å². The van der Waals surface area contributed by atoms with E-state index >= 15 is 0 Å². The third kappa shape index (κ3) is 4.76. The number of hydrogen-bond donors (Lipinski definition) is 2. The molecule has 2 aromatic rings. The van der Waals surface area contributed by atoms with Crippen LogP contribution in [0.1, 0.15) is 30.7 Å². The first-order chi connectivity index (χ1) is 12.2. The fraction of sp³-hybridized carbons (Fsp3) is 0.500. The van der Waals surface area contributed by atoms with Crippen LogP contribution in [0.3, 0.4) is 0 Å². The van der Waals surface area contributed by atoms with Gasteiger partial charge in [-0.15, -0.1) is 11.3 Å². The molecule has 1 aliphatic heterocycles. The molecule has 1 saturated heterocycles. The third-order valence-corrected chi connectivity index (χ3v) is 5.63. The van der Waals surface area contributed by atoms with E-state index in [1.165, 1.54) is 9.71 Å². The van der Waals surface area contributed by atoms with E-state index in [0.717, 1.165) is 31.4 Å². The molecule has 25 heavy (non-hydrogen) atoms. The minimum absolute atomic E-state index is 0.0504. The molecule has 134 valence electrons. The Balaban J connectivity index is 1.45. The van der Waals surface area contributed by atoms with E-state index in [-0.39, 0.29) is 18.4 Å². The molecule has 1 fully saturated rings. The fourth-order valence-electron chi connectivity index (χ4n) is 3.10. The highest BCUT2D eigenvalue weighted by Crippen LogP contribution is 2.33. The van der Waals surface area contributed by atoms with Crippen molar-refractivity contribution in [1.82, 2.24) is 20.5 Å². The molecule has 0 spiro atoms. The molecule has 2 heterocycles. The third-order valence-electron chi connectivity index (χ3n) is 4.43. The lowest BCUT2D eigenvalue weighted by Gasteiger charge is -2.30.